The predicted molar refractivity (Wildman–Crippen MR) is 126 cm³/mol. The third-order valence-corrected chi connectivity index (χ3v) is 5.73. The van der Waals surface area contributed by atoms with Crippen molar-refractivity contribution in [1.29, 1.82) is 0 Å². The summed E-state index contributed by atoms with van der Waals surface area (Å²) in [6, 6.07) is 8.85. The highest BCUT2D eigenvalue weighted by molar-refractivity contribution is 5.55. The summed E-state index contributed by atoms with van der Waals surface area (Å²) >= 11 is 0. The summed E-state index contributed by atoms with van der Waals surface area (Å²) in [5.74, 6) is 1.69. The Morgan fingerprint density at radius 2 is 1.21 bits per heavy atom. The third-order valence-electron chi connectivity index (χ3n) is 5.73. The fraction of sp³-hybridized carbons (Fsp3) is 0.630. The van der Waals surface area contributed by atoms with E-state index in [0.717, 1.165) is 23.7 Å². The van der Waals surface area contributed by atoms with E-state index >= 15 is 0 Å². The van der Waals surface area contributed by atoms with Crippen molar-refractivity contribution in [2.45, 2.75) is 104 Å². The Morgan fingerprint density at radius 1 is 0.655 bits per heavy atom. The maximum Gasteiger partial charge on any atom is 0.159 e. The molecular formula is C27H42N2. The summed E-state index contributed by atoms with van der Waals surface area (Å²) in [6.45, 7) is 6.89. The lowest BCUT2D eigenvalue weighted by molar-refractivity contribution is 0.520. The molecule has 0 amide bonds. The number of aryl methyl sites for hydroxylation is 2. The fourth-order valence-corrected chi connectivity index (χ4v) is 3.80. The minimum absolute atomic E-state index is 0.842. The van der Waals surface area contributed by atoms with Crippen LogP contribution in [-0.2, 0) is 12.8 Å². The molecule has 160 valence electrons. The molecule has 0 aliphatic heterocycles. The van der Waals surface area contributed by atoms with Crippen molar-refractivity contribution >= 4 is 0 Å². The smallest absolute Gasteiger partial charge is 0.159 e. The molecule has 1 aromatic heterocycles. The van der Waals surface area contributed by atoms with Gasteiger partial charge in [-0.2, -0.15) is 0 Å². The lowest BCUT2D eigenvalue weighted by Crippen LogP contribution is -1.94. The van der Waals surface area contributed by atoms with Gasteiger partial charge in [0.05, 0.1) is 0 Å². The van der Waals surface area contributed by atoms with Crippen molar-refractivity contribution in [3.63, 3.8) is 0 Å². The molecule has 0 radical (unpaired) electrons. The molecule has 1 heterocycles. The highest BCUT2D eigenvalue weighted by atomic mass is 14.9. The molecule has 0 N–H and O–H groups in total. The molecule has 0 saturated heterocycles. The number of aromatic nitrogens is 2. The summed E-state index contributed by atoms with van der Waals surface area (Å²) in [4.78, 5) is 9.21. The predicted octanol–water partition coefficient (Wildman–Crippen LogP) is 8.20. The molecule has 0 atom stereocenters. The molecule has 2 heteroatoms. The first kappa shape index (κ1) is 23.6. The van der Waals surface area contributed by atoms with Crippen LogP contribution in [0.2, 0.25) is 0 Å². The Bertz CT molecular complexity index is 643. The lowest BCUT2D eigenvalue weighted by atomic mass is 10.0. The van der Waals surface area contributed by atoms with Gasteiger partial charge in [0.2, 0.25) is 0 Å². The molecule has 0 saturated carbocycles. The van der Waals surface area contributed by atoms with Crippen LogP contribution in [0.3, 0.4) is 0 Å². The molecule has 2 rings (SSSR count). The van der Waals surface area contributed by atoms with Crippen LogP contribution in [0, 0.1) is 5.92 Å². The Morgan fingerprint density at radius 3 is 1.83 bits per heavy atom. The van der Waals surface area contributed by atoms with Crippen LogP contribution in [0.15, 0.2) is 36.7 Å². The van der Waals surface area contributed by atoms with E-state index in [-0.39, 0.29) is 0 Å². The summed E-state index contributed by atoms with van der Waals surface area (Å²) in [6.07, 6.45) is 21.0. The number of nitrogens with zero attached hydrogens (tertiary/aromatic N) is 2. The van der Waals surface area contributed by atoms with Crippen molar-refractivity contribution in [2.75, 3.05) is 0 Å². The van der Waals surface area contributed by atoms with E-state index in [2.05, 4.69) is 55.0 Å². The average Bonchev–Trinajstić information content (AvgIpc) is 2.74. The first-order valence-corrected chi connectivity index (χ1v) is 12.1. The molecule has 0 fully saturated rings. The quantitative estimate of drug-likeness (QED) is 0.284. The molecule has 0 aliphatic carbocycles. The van der Waals surface area contributed by atoms with Crippen LogP contribution < -0.4 is 0 Å². The zero-order valence-corrected chi connectivity index (χ0v) is 19.1. The van der Waals surface area contributed by atoms with Crippen LogP contribution in [0.25, 0.3) is 11.4 Å². The van der Waals surface area contributed by atoms with Crippen LogP contribution in [0.5, 0.6) is 0 Å². The first-order chi connectivity index (χ1) is 14.2. The van der Waals surface area contributed by atoms with Gasteiger partial charge in [0.15, 0.2) is 5.82 Å². The van der Waals surface area contributed by atoms with E-state index in [9.17, 15) is 0 Å². The summed E-state index contributed by atoms with van der Waals surface area (Å²) in [5.41, 5.74) is 3.81. The number of unbranched alkanes of at least 4 members (excludes halogenated alkanes) is 8. The van der Waals surface area contributed by atoms with E-state index < -0.39 is 0 Å². The lowest BCUT2D eigenvalue weighted by Gasteiger charge is -2.06. The van der Waals surface area contributed by atoms with Gasteiger partial charge in [-0.1, -0.05) is 103 Å². The van der Waals surface area contributed by atoms with Crippen LogP contribution in [0.4, 0.5) is 0 Å². The number of rotatable bonds is 15. The van der Waals surface area contributed by atoms with Gasteiger partial charge in [0, 0.05) is 18.0 Å². The van der Waals surface area contributed by atoms with Gasteiger partial charge in [-0.05, 0) is 42.7 Å². The SMILES string of the molecule is CCCCCCCCc1cnc(-c2ccc(CCCCCCC(C)C)cc2)nc1. The Kier molecular flexibility index (Phi) is 11.6. The van der Waals surface area contributed by atoms with Crippen molar-refractivity contribution in [3.05, 3.63) is 47.8 Å². The van der Waals surface area contributed by atoms with E-state index in [1.165, 1.54) is 88.2 Å². The fourth-order valence-electron chi connectivity index (χ4n) is 3.80. The minimum atomic E-state index is 0.842. The Labute approximate surface area is 179 Å². The first-order valence-electron chi connectivity index (χ1n) is 12.1. The molecule has 2 aromatic rings. The third kappa shape index (κ3) is 10.1. The van der Waals surface area contributed by atoms with Gasteiger partial charge in [0.25, 0.3) is 0 Å². The zero-order valence-electron chi connectivity index (χ0n) is 19.1. The summed E-state index contributed by atoms with van der Waals surface area (Å²) in [7, 11) is 0. The summed E-state index contributed by atoms with van der Waals surface area (Å²) < 4.78 is 0. The number of benzene rings is 1. The van der Waals surface area contributed by atoms with Crippen molar-refractivity contribution in [3.8, 4) is 11.4 Å². The van der Waals surface area contributed by atoms with Gasteiger partial charge in [-0.25, -0.2) is 9.97 Å². The van der Waals surface area contributed by atoms with E-state index in [4.69, 9.17) is 0 Å². The topological polar surface area (TPSA) is 25.8 Å². The highest BCUT2D eigenvalue weighted by Gasteiger charge is 2.03. The van der Waals surface area contributed by atoms with Crippen LogP contribution >= 0.6 is 0 Å². The van der Waals surface area contributed by atoms with Gasteiger partial charge in [-0.3, -0.25) is 0 Å². The Hall–Kier alpha value is -1.70. The second-order valence-corrected chi connectivity index (χ2v) is 8.98. The van der Waals surface area contributed by atoms with E-state index in [0.29, 0.717) is 0 Å². The standard InChI is InChI=1S/C27H42N2/c1-4-5-6-7-8-13-16-25-21-28-27(29-22-25)26-19-17-24(18-20-26)15-12-10-9-11-14-23(2)3/h17-23H,4-16H2,1-3H3. The zero-order chi connectivity index (χ0) is 20.7. The maximum atomic E-state index is 4.61. The molecule has 0 spiro atoms. The molecule has 2 nitrogen and oxygen atoms in total. The molecular weight excluding hydrogens is 352 g/mol. The van der Waals surface area contributed by atoms with Gasteiger partial charge in [0.1, 0.15) is 0 Å². The van der Waals surface area contributed by atoms with E-state index in [1.807, 2.05) is 12.4 Å². The normalized spacial score (nSPS) is 11.3. The second-order valence-electron chi connectivity index (χ2n) is 8.98. The monoisotopic (exact) mass is 394 g/mol. The molecule has 0 unspecified atom stereocenters. The van der Waals surface area contributed by atoms with Crippen LogP contribution in [0.1, 0.15) is 103 Å². The van der Waals surface area contributed by atoms with Gasteiger partial charge < -0.3 is 0 Å². The van der Waals surface area contributed by atoms with Crippen LogP contribution in [-0.4, -0.2) is 9.97 Å². The maximum absolute atomic E-state index is 4.61. The Balaban J connectivity index is 1.69. The molecule has 1 aromatic carbocycles. The summed E-state index contributed by atoms with van der Waals surface area (Å²) in [5, 5.41) is 0. The molecule has 29 heavy (non-hydrogen) atoms. The highest BCUT2D eigenvalue weighted by Crippen LogP contribution is 2.18. The van der Waals surface area contributed by atoms with Crippen molar-refractivity contribution in [2.24, 2.45) is 5.92 Å². The largest absolute Gasteiger partial charge is 0.236 e. The van der Waals surface area contributed by atoms with Gasteiger partial charge in [-0.15, -0.1) is 0 Å². The van der Waals surface area contributed by atoms with Gasteiger partial charge >= 0.3 is 0 Å². The minimum Gasteiger partial charge on any atom is -0.236 e. The second kappa shape index (κ2) is 14.3. The number of hydrogen-bond acceptors (Lipinski definition) is 2. The van der Waals surface area contributed by atoms with Crippen molar-refractivity contribution in [1.82, 2.24) is 9.97 Å². The average molecular weight is 395 g/mol. The van der Waals surface area contributed by atoms with E-state index in [1.54, 1.807) is 0 Å². The number of hydrogen-bond donors (Lipinski definition) is 0. The molecule has 0 bridgehead atoms. The molecule has 0 aliphatic rings. The van der Waals surface area contributed by atoms with Crippen molar-refractivity contribution < 1.29 is 0 Å².